The van der Waals surface area contributed by atoms with Gasteiger partial charge in [-0.05, 0) is 19.8 Å². The van der Waals surface area contributed by atoms with Crippen LogP contribution in [0.4, 0.5) is 0 Å². The number of hydrogen-bond donors (Lipinski definition) is 2. The molecule has 0 aromatic rings. The van der Waals surface area contributed by atoms with Crippen molar-refractivity contribution in [1.29, 1.82) is 0 Å². The Hall–Kier alpha value is -0.610. The SMILES string of the molecule is CCOCCC(=O)NCC1(N)CCCCC1. The fourth-order valence-electron chi connectivity index (χ4n) is 2.10. The predicted molar refractivity (Wildman–Crippen MR) is 64.1 cm³/mol. The van der Waals surface area contributed by atoms with Crippen LogP contribution < -0.4 is 11.1 Å². The van der Waals surface area contributed by atoms with Crippen molar-refractivity contribution >= 4 is 5.91 Å². The second-order valence-corrected chi connectivity index (χ2v) is 4.65. The molecule has 1 fully saturated rings. The van der Waals surface area contributed by atoms with E-state index < -0.39 is 0 Å². The molecule has 0 unspecified atom stereocenters. The van der Waals surface area contributed by atoms with E-state index in [0.717, 1.165) is 12.8 Å². The topological polar surface area (TPSA) is 64.3 Å². The van der Waals surface area contributed by atoms with Crippen molar-refractivity contribution in [2.45, 2.75) is 51.0 Å². The van der Waals surface area contributed by atoms with Crippen LogP contribution in [-0.2, 0) is 9.53 Å². The zero-order valence-electron chi connectivity index (χ0n) is 10.3. The molecular formula is C12H24N2O2. The van der Waals surface area contributed by atoms with E-state index in [1.54, 1.807) is 0 Å². The Kier molecular flexibility index (Phi) is 5.77. The van der Waals surface area contributed by atoms with E-state index >= 15 is 0 Å². The summed E-state index contributed by atoms with van der Waals surface area (Å²) >= 11 is 0. The largest absolute Gasteiger partial charge is 0.381 e. The lowest BCUT2D eigenvalue weighted by Gasteiger charge is -2.33. The van der Waals surface area contributed by atoms with Crippen LogP contribution in [0.1, 0.15) is 45.4 Å². The quantitative estimate of drug-likeness (QED) is 0.671. The van der Waals surface area contributed by atoms with Crippen LogP contribution in [0.3, 0.4) is 0 Å². The second kappa shape index (κ2) is 6.86. The average Bonchev–Trinajstić information content (AvgIpc) is 2.28. The molecule has 4 heteroatoms. The van der Waals surface area contributed by atoms with Gasteiger partial charge in [0.15, 0.2) is 0 Å². The highest BCUT2D eigenvalue weighted by Gasteiger charge is 2.27. The van der Waals surface area contributed by atoms with Crippen molar-refractivity contribution in [2.24, 2.45) is 5.73 Å². The molecule has 16 heavy (non-hydrogen) atoms. The summed E-state index contributed by atoms with van der Waals surface area (Å²) in [7, 11) is 0. The first-order chi connectivity index (χ1) is 7.66. The van der Waals surface area contributed by atoms with Crippen LogP contribution in [0, 0.1) is 0 Å². The number of nitrogens with one attached hydrogen (secondary N) is 1. The van der Waals surface area contributed by atoms with E-state index in [1.165, 1.54) is 19.3 Å². The van der Waals surface area contributed by atoms with E-state index in [2.05, 4.69) is 5.32 Å². The highest BCUT2D eigenvalue weighted by Crippen LogP contribution is 2.24. The highest BCUT2D eigenvalue weighted by atomic mass is 16.5. The Morgan fingerprint density at radius 3 is 2.69 bits per heavy atom. The fraction of sp³-hybridized carbons (Fsp3) is 0.917. The summed E-state index contributed by atoms with van der Waals surface area (Å²) in [6.45, 7) is 3.70. The second-order valence-electron chi connectivity index (χ2n) is 4.65. The first-order valence-electron chi connectivity index (χ1n) is 6.30. The average molecular weight is 228 g/mol. The van der Waals surface area contributed by atoms with E-state index in [0.29, 0.717) is 26.2 Å². The monoisotopic (exact) mass is 228 g/mol. The molecule has 4 nitrogen and oxygen atoms in total. The molecular weight excluding hydrogens is 204 g/mol. The number of nitrogens with two attached hydrogens (primary N) is 1. The molecule has 0 saturated heterocycles. The van der Waals surface area contributed by atoms with Crippen molar-refractivity contribution in [3.8, 4) is 0 Å². The number of carbonyl (C=O) groups excluding carboxylic acids is 1. The molecule has 0 spiro atoms. The van der Waals surface area contributed by atoms with Gasteiger partial charge in [-0.2, -0.15) is 0 Å². The molecule has 0 heterocycles. The van der Waals surface area contributed by atoms with Crippen molar-refractivity contribution in [1.82, 2.24) is 5.32 Å². The van der Waals surface area contributed by atoms with Crippen LogP contribution in [0.5, 0.6) is 0 Å². The van der Waals surface area contributed by atoms with E-state index in [9.17, 15) is 4.79 Å². The minimum atomic E-state index is -0.167. The summed E-state index contributed by atoms with van der Waals surface area (Å²) in [5.41, 5.74) is 6.05. The van der Waals surface area contributed by atoms with E-state index in [4.69, 9.17) is 10.5 Å². The maximum atomic E-state index is 11.5. The first-order valence-corrected chi connectivity index (χ1v) is 6.30. The molecule has 0 aliphatic heterocycles. The zero-order valence-corrected chi connectivity index (χ0v) is 10.3. The van der Waals surface area contributed by atoms with Gasteiger partial charge in [0.05, 0.1) is 6.61 Å². The van der Waals surface area contributed by atoms with Gasteiger partial charge in [0, 0.05) is 25.1 Å². The highest BCUT2D eigenvalue weighted by molar-refractivity contribution is 5.76. The van der Waals surface area contributed by atoms with Gasteiger partial charge in [-0.3, -0.25) is 4.79 Å². The fourth-order valence-corrected chi connectivity index (χ4v) is 2.10. The lowest BCUT2D eigenvalue weighted by molar-refractivity contribution is -0.122. The molecule has 3 N–H and O–H groups in total. The standard InChI is InChI=1S/C12H24N2O2/c1-2-16-9-6-11(15)14-10-12(13)7-4-3-5-8-12/h2-10,13H2,1H3,(H,14,15). The summed E-state index contributed by atoms with van der Waals surface area (Å²) < 4.78 is 5.13. The molecule has 0 bridgehead atoms. The van der Waals surface area contributed by atoms with Gasteiger partial charge in [0.1, 0.15) is 0 Å². The van der Waals surface area contributed by atoms with Crippen molar-refractivity contribution in [2.75, 3.05) is 19.8 Å². The zero-order chi connectivity index (χ0) is 11.9. The van der Waals surface area contributed by atoms with Crippen LogP contribution >= 0.6 is 0 Å². The maximum Gasteiger partial charge on any atom is 0.222 e. The van der Waals surface area contributed by atoms with Gasteiger partial charge in [0.25, 0.3) is 0 Å². The molecule has 0 atom stereocenters. The summed E-state index contributed by atoms with van der Waals surface area (Å²) in [5, 5.41) is 2.91. The molecule has 0 aromatic heterocycles. The molecule has 1 aliphatic carbocycles. The van der Waals surface area contributed by atoms with Gasteiger partial charge >= 0.3 is 0 Å². The van der Waals surface area contributed by atoms with Gasteiger partial charge in [-0.1, -0.05) is 19.3 Å². The van der Waals surface area contributed by atoms with E-state index in [-0.39, 0.29) is 11.4 Å². The summed E-state index contributed by atoms with van der Waals surface area (Å²) in [6.07, 6.45) is 6.13. The Morgan fingerprint density at radius 2 is 2.06 bits per heavy atom. The maximum absolute atomic E-state index is 11.5. The minimum absolute atomic E-state index is 0.0452. The third-order valence-electron chi connectivity index (χ3n) is 3.16. The van der Waals surface area contributed by atoms with Crippen LogP contribution in [-0.4, -0.2) is 31.2 Å². The third-order valence-corrected chi connectivity index (χ3v) is 3.16. The molecule has 0 aromatic carbocycles. The van der Waals surface area contributed by atoms with Gasteiger partial charge < -0.3 is 15.8 Å². The van der Waals surface area contributed by atoms with E-state index in [1.807, 2.05) is 6.92 Å². The van der Waals surface area contributed by atoms with Crippen molar-refractivity contribution < 1.29 is 9.53 Å². The van der Waals surface area contributed by atoms with Gasteiger partial charge in [-0.25, -0.2) is 0 Å². The number of carbonyl (C=O) groups is 1. The lowest BCUT2D eigenvalue weighted by atomic mass is 9.82. The Morgan fingerprint density at radius 1 is 1.38 bits per heavy atom. The van der Waals surface area contributed by atoms with Crippen LogP contribution in [0.15, 0.2) is 0 Å². The number of hydrogen-bond acceptors (Lipinski definition) is 3. The first kappa shape index (κ1) is 13.5. The Labute approximate surface area is 97.9 Å². The predicted octanol–water partition coefficient (Wildman–Crippen LogP) is 1.19. The lowest BCUT2D eigenvalue weighted by Crippen LogP contribution is -2.51. The molecule has 94 valence electrons. The minimum Gasteiger partial charge on any atom is -0.381 e. The number of rotatable bonds is 6. The normalized spacial score (nSPS) is 19.4. The van der Waals surface area contributed by atoms with Gasteiger partial charge in [0.2, 0.25) is 5.91 Å². The summed E-state index contributed by atoms with van der Waals surface area (Å²) in [5.74, 6) is 0.0452. The third kappa shape index (κ3) is 4.94. The molecule has 1 aliphatic rings. The van der Waals surface area contributed by atoms with Crippen LogP contribution in [0.25, 0.3) is 0 Å². The Balaban J connectivity index is 2.14. The van der Waals surface area contributed by atoms with Crippen molar-refractivity contribution in [3.05, 3.63) is 0 Å². The number of amides is 1. The molecule has 0 radical (unpaired) electrons. The smallest absolute Gasteiger partial charge is 0.222 e. The number of ether oxygens (including phenoxy) is 1. The molecule has 1 rings (SSSR count). The molecule has 1 amide bonds. The van der Waals surface area contributed by atoms with Gasteiger partial charge in [-0.15, -0.1) is 0 Å². The van der Waals surface area contributed by atoms with Crippen LogP contribution in [0.2, 0.25) is 0 Å². The molecule has 1 saturated carbocycles. The van der Waals surface area contributed by atoms with Crippen molar-refractivity contribution in [3.63, 3.8) is 0 Å². The Bertz CT molecular complexity index is 213. The summed E-state index contributed by atoms with van der Waals surface area (Å²) in [4.78, 5) is 11.5. The summed E-state index contributed by atoms with van der Waals surface area (Å²) in [6, 6.07) is 0.